The van der Waals surface area contributed by atoms with Gasteiger partial charge in [0.2, 0.25) is 0 Å². The fraction of sp³-hybridized carbons (Fsp3) is 0.200. The first-order valence-electron chi connectivity index (χ1n) is 6.14. The van der Waals surface area contributed by atoms with Crippen LogP contribution in [0.15, 0.2) is 24.8 Å². The monoisotopic (exact) mass is 237 g/mol. The molecular formula is C15H15N3. The molecule has 0 spiro atoms. The highest BCUT2D eigenvalue weighted by atomic mass is 14.8. The summed E-state index contributed by atoms with van der Waals surface area (Å²) in [6.45, 7) is 4.01. The summed E-state index contributed by atoms with van der Waals surface area (Å²) in [5.74, 6) is 0. The van der Waals surface area contributed by atoms with Crippen LogP contribution in [-0.4, -0.2) is 17.0 Å². The highest BCUT2D eigenvalue weighted by Gasteiger charge is 2.07. The Balaban J connectivity index is 2.39. The highest BCUT2D eigenvalue weighted by Crippen LogP contribution is 2.17. The minimum atomic E-state index is 0.870. The van der Waals surface area contributed by atoms with Crippen LogP contribution in [0.1, 0.15) is 18.4 Å². The van der Waals surface area contributed by atoms with Crippen molar-refractivity contribution >= 4 is 28.9 Å². The van der Waals surface area contributed by atoms with Crippen molar-refractivity contribution in [1.29, 1.82) is 0 Å². The molecule has 2 aromatic rings. The minimum absolute atomic E-state index is 0.870. The number of aromatic nitrogens is 2. The molecule has 18 heavy (non-hydrogen) atoms. The van der Waals surface area contributed by atoms with Gasteiger partial charge in [-0.2, -0.15) is 0 Å². The summed E-state index contributed by atoms with van der Waals surface area (Å²) in [7, 11) is 1.87. The van der Waals surface area contributed by atoms with E-state index in [0.29, 0.717) is 0 Å². The number of benzene rings is 1. The molecule has 1 N–H and O–H groups in total. The molecule has 0 aliphatic heterocycles. The molecular weight excluding hydrogens is 222 g/mol. The standard InChI is InChI=1S/C15H15N3/c1-10(16-2)11-6-5-9-14-15(11)18-13-8-4-3-7-12(13)17-14/h5-9,16H,1,3-4H2,2H3. The van der Waals surface area contributed by atoms with Crippen molar-refractivity contribution in [3.05, 3.63) is 41.0 Å². The van der Waals surface area contributed by atoms with Crippen molar-refractivity contribution in [2.45, 2.75) is 12.8 Å². The van der Waals surface area contributed by atoms with Crippen LogP contribution in [0.5, 0.6) is 0 Å². The molecule has 1 aromatic carbocycles. The average molecular weight is 237 g/mol. The molecule has 1 aliphatic rings. The van der Waals surface area contributed by atoms with Crippen molar-refractivity contribution in [3.8, 4) is 0 Å². The summed E-state index contributed by atoms with van der Waals surface area (Å²) < 4.78 is 0. The van der Waals surface area contributed by atoms with Crippen LogP contribution in [0.3, 0.4) is 0 Å². The first-order valence-corrected chi connectivity index (χ1v) is 6.14. The van der Waals surface area contributed by atoms with Crippen molar-refractivity contribution in [1.82, 2.24) is 15.3 Å². The third-order valence-corrected chi connectivity index (χ3v) is 3.22. The van der Waals surface area contributed by atoms with Crippen LogP contribution in [-0.2, 0) is 0 Å². The third kappa shape index (κ3) is 1.68. The first-order chi connectivity index (χ1) is 8.79. The first kappa shape index (κ1) is 11.0. The molecule has 0 atom stereocenters. The molecule has 90 valence electrons. The highest BCUT2D eigenvalue weighted by molar-refractivity contribution is 5.87. The molecule has 0 saturated heterocycles. The zero-order chi connectivity index (χ0) is 12.5. The summed E-state index contributed by atoms with van der Waals surface area (Å²) in [6.07, 6.45) is 6.40. The molecule has 1 aromatic heterocycles. The zero-order valence-corrected chi connectivity index (χ0v) is 10.4. The van der Waals surface area contributed by atoms with E-state index in [1.807, 2.05) is 25.2 Å². The predicted octanol–water partition coefficient (Wildman–Crippen LogP) is 1.17. The van der Waals surface area contributed by atoms with E-state index < -0.39 is 0 Å². The Morgan fingerprint density at radius 1 is 1.17 bits per heavy atom. The molecule has 0 radical (unpaired) electrons. The van der Waals surface area contributed by atoms with Crippen LogP contribution in [0.4, 0.5) is 0 Å². The van der Waals surface area contributed by atoms with E-state index in [1.165, 1.54) is 0 Å². The molecule has 0 saturated carbocycles. The molecule has 1 heterocycles. The van der Waals surface area contributed by atoms with Crippen LogP contribution in [0.25, 0.3) is 28.9 Å². The van der Waals surface area contributed by atoms with Crippen LogP contribution >= 0.6 is 0 Å². The van der Waals surface area contributed by atoms with Gasteiger partial charge in [0, 0.05) is 18.3 Å². The fourth-order valence-corrected chi connectivity index (χ4v) is 2.22. The second kappa shape index (κ2) is 4.26. The Hall–Kier alpha value is -2.16. The van der Waals surface area contributed by atoms with Gasteiger partial charge in [0.1, 0.15) is 0 Å². The molecule has 0 fully saturated rings. The molecule has 3 rings (SSSR count). The lowest BCUT2D eigenvalue weighted by Gasteiger charge is -2.08. The predicted molar refractivity (Wildman–Crippen MR) is 75.0 cm³/mol. The van der Waals surface area contributed by atoms with Crippen LogP contribution in [0, 0.1) is 0 Å². The van der Waals surface area contributed by atoms with Gasteiger partial charge in [0.15, 0.2) is 0 Å². The van der Waals surface area contributed by atoms with E-state index in [0.717, 1.165) is 45.8 Å². The van der Waals surface area contributed by atoms with Gasteiger partial charge in [-0.1, -0.05) is 30.9 Å². The second-order valence-electron chi connectivity index (χ2n) is 4.38. The third-order valence-electron chi connectivity index (χ3n) is 3.22. The topological polar surface area (TPSA) is 37.8 Å². The maximum absolute atomic E-state index is 4.73. The fourth-order valence-electron chi connectivity index (χ4n) is 2.22. The van der Waals surface area contributed by atoms with E-state index >= 15 is 0 Å². The number of fused-ring (bicyclic) bond motifs is 2. The number of nitrogens with one attached hydrogen (secondary N) is 1. The Bertz CT molecular complexity index is 744. The molecule has 1 aliphatic carbocycles. The van der Waals surface area contributed by atoms with Gasteiger partial charge in [-0.05, 0) is 18.9 Å². The number of hydrogen-bond donors (Lipinski definition) is 1. The number of nitrogens with zero attached hydrogens (tertiary/aromatic N) is 2. The van der Waals surface area contributed by atoms with Crippen molar-refractivity contribution in [2.24, 2.45) is 0 Å². The normalized spacial score (nSPS) is 13.4. The van der Waals surface area contributed by atoms with E-state index in [9.17, 15) is 0 Å². The van der Waals surface area contributed by atoms with Gasteiger partial charge in [-0.3, -0.25) is 0 Å². The van der Waals surface area contributed by atoms with Crippen molar-refractivity contribution in [3.63, 3.8) is 0 Å². The molecule has 0 bridgehead atoms. The van der Waals surface area contributed by atoms with E-state index in [2.05, 4.69) is 29.0 Å². The Labute approximate surface area is 106 Å². The average Bonchev–Trinajstić information content (AvgIpc) is 2.43. The lowest BCUT2D eigenvalue weighted by atomic mass is 10.1. The summed E-state index contributed by atoms with van der Waals surface area (Å²) in [6, 6.07) is 6.01. The van der Waals surface area contributed by atoms with E-state index in [4.69, 9.17) is 4.98 Å². The van der Waals surface area contributed by atoms with Crippen molar-refractivity contribution < 1.29 is 0 Å². The van der Waals surface area contributed by atoms with E-state index in [1.54, 1.807) is 0 Å². The largest absolute Gasteiger partial charge is 0.388 e. The Morgan fingerprint density at radius 3 is 2.61 bits per heavy atom. The summed E-state index contributed by atoms with van der Waals surface area (Å²) in [5, 5.41) is 5.06. The number of hydrogen-bond acceptors (Lipinski definition) is 3. The summed E-state index contributed by atoms with van der Waals surface area (Å²) >= 11 is 0. The van der Waals surface area contributed by atoms with E-state index in [-0.39, 0.29) is 0 Å². The minimum Gasteiger partial charge on any atom is -0.388 e. The molecule has 3 nitrogen and oxygen atoms in total. The lowest BCUT2D eigenvalue weighted by Crippen LogP contribution is -2.33. The molecule has 0 unspecified atom stereocenters. The SMILES string of the molecule is C=C(NC)c1cccc2nc3c(nc12)=CCCC=3. The van der Waals surface area contributed by atoms with Gasteiger partial charge >= 0.3 is 0 Å². The van der Waals surface area contributed by atoms with Gasteiger partial charge in [0.05, 0.1) is 21.7 Å². The summed E-state index contributed by atoms with van der Waals surface area (Å²) in [4.78, 5) is 9.41. The van der Waals surface area contributed by atoms with Crippen LogP contribution < -0.4 is 16.0 Å². The summed E-state index contributed by atoms with van der Waals surface area (Å²) in [5.41, 5.74) is 3.73. The number of rotatable bonds is 2. The maximum Gasteiger partial charge on any atom is 0.0987 e. The number of para-hydroxylation sites is 1. The van der Waals surface area contributed by atoms with Crippen LogP contribution in [0.2, 0.25) is 0 Å². The molecule has 0 amide bonds. The quantitative estimate of drug-likeness (QED) is 0.852. The zero-order valence-electron chi connectivity index (χ0n) is 10.4. The van der Waals surface area contributed by atoms with Gasteiger partial charge in [-0.25, -0.2) is 9.97 Å². The Kier molecular flexibility index (Phi) is 2.59. The van der Waals surface area contributed by atoms with Gasteiger partial charge in [0.25, 0.3) is 0 Å². The lowest BCUT2D eigenvalue weighted by molar-refractivity contribution is 1.05. The smallest absolute Gasteiger partial charge is 0.0987 e. The Morgan fingerprint density at radius 2 is 1.89 bits per heavy atom. The van der Waals surface area contributed by atoms with Gasteiger partial charge in [-0.15, -0.1) is 0 Å². The van der Waals surface area contributed by atoms with Crippen molar-refractivity contribution in [2.75, 3.05) is 7.05 Å². The van der Waals surface area contributed by atoms with Gasteiger partial charge < -0.3 is 5.32 Å². The maximum atomic E-state index is 4.73. The second-order valence-corrected chi connectivity index (χ2v) is 4.38. The molecule has 3 heteroatoms.